The Balaban J connectivity index is 1.57. The van der Waals surface area contributed by atoms with E-state index in [-0.39, 0.29) is 23.6 Å². The van der Waals surface area contributed by atoms with Crippen LogP contribution in [0.25, 0.3) is 38.9 Å². The summed E-state index contributed by atoms with van der Waals surface area (Å²) in [4.78, 5) is 44.5. The summed E-state index contributed by atoms with van der Waals surface area (Å²) in [6, 6.07) is 8.99. The molecule has 7 rings (SSSR count). The maximum atomic E-state index is 16.4. The van der Waals surface area contributed by atoms with Gasteiger partial charge in [0.15, 0.2) is 5.65 Å². The number of anilines is 1. The van der Waals surface area contributed by atoms with Crippen molar-refractivity contribution < 1.29 is 9.18 Å². The first-order chi connectivity index (χ1) is 21.2. The van der Waals surface area contributed by atoms with Crippen LogP contribution < -0.4 is 10.6 Å². The van der Waals surface area contributed by atoms with Crippen LogP contribution in [-0.4, -0.2) is 65.8 Å². The van der Waals surface area contributed by atoms with E-state index in [0.29, 0.717) is 54.3 Å². The number of halogens is 1. The van der Waals surface area contributed by atoms with Crippen molar-refractivity contribution in [3.8, 4) is 16.9 Å². The molecule has 0 N–H and O–H groups in total. The molecular formula is C33H35FN8O2. The predicted molar refractivity (Wildman–Crippen MR) is 168 cm³/mol. The third-order valence-electron chi connectivity index (χ3n) is 8.94. The monoisotopic (exact) mass is 594 g/mol. The quantitative estimate of drug-likeness (QED) is 0.288. The molecule has 1 amide bonds. The fraction of sp³-hybridized carbons (Fsp3) is 0.394. The Labute approximate surface area is 254 Å². The zero-order chi connectivity index (χ0) is 30.7. The average molecular weight is 595 g/mol. The zero-order valence-corrected chi connectivity index (χ0v) is 25.4. The van der Waals surface area contributed by atoms with Gasteiger partial charge in [-0.05, 0) is 49.8 Å². The summed E-state index contributed by atoms with van der Waals surface area (Å²) in [7, 11) is 0. The molecule has 226 valence electrons. The van der Waals surface area contributed by atoms with Gasteiger partial charge in [0.2, 0.25) is 5.91 Å². The van der Waals surface area contributed by atoms with Gasteiger partial charge in [-0.3, -0.25) is 14.5 Å². The van der Waals surface area contributed by atoms with Crippen LogP contribution in [0.15, 0.2) is 47.5 Å². The second-order valence-corrected chi connectivity index (χ2v) is 12.2. The van der Waals surface area contributed by atoms with Gasteiger partial charge in [0, 0.05) is 56.3 Å². The highest BCUT2D eigenvalue weighted by Crippen LogP contribution is 2.36. The van der Waals surface area contributed by atoms with E-state index in [2.05, 4.69) is 10.1 Å². The molecule has 1 fully saturated rings. The number of amides is 1. The molecule has 44 heavy (non-hydrogen) atoms. The Hall–Kier alpha value is -4.67. The van der Waals surface area contributed by atoms with Gasteiger partial charge in [0.1, 0.15) is 17.3 Å². The third-order valence-corrected chi connectivity index (χ3v) is 8.94. The minimum atomic E-state index is -0.508. The SMILES string of the molecule is CC(=O)N1CCN(c2nc(=O)n3c4nc(c(F)cc24)-c2cccc4cnn(c24)CCCCc2ccnc(C(C)C)c2-3)[C@@H](C)C1. The molecule has 1 saturated heterocycles. The van der Waals surface area contributed by atoms with Crippen molar-refractivity contribution in [1.82, 2.24) is 34.2 Å². The Kier molecular flexibility index (Phi) is 6.90. The van der Waals surface area contributed by atoms with E-state index in [1.807, 2.05) is 54.6 Å². The third kappa shape index (κ3) is 4.53. The average Bonchev–Trinajstić information content (AvgIpc) is 3.42. The number of rotatable bonds is 2. The molecule has 1 atom stereocenters. The molecule has 6 heterocycles. The largest absolute Gasteiger partial charge is 0.355 e. The van der Waals surface area contributed by atoms with Gasteiger partial charge in [-0.2, -0.15) is 10.1 Å². The topological polar surface area (TPSA) is 102 Å². The molecule has 0 spiro atoms. The summed E-state index contributed by atoms with van der Waals surface area (Å²) in [5.74, 6) is -0.121. The first-order valence-electron chi connectivity index (χ1n) is 15.3. The lowest BCUT2D eigenvalue weighted by Gasteiger charge is -2.40. The summed E-state index contributed by atoms with van der Waals surface area (Å²) in [6.45, 7) is 9.73. The van der Waals surface area contributed by atoms with E-state index in [1.54, 1.807) is 28.8 Å². The highest BCUT2D eigenvalue weighted by atomic mass is 19.1. The van der Waals surface area contributed by atoms with Crippen molar-refractivity contribution in [2.24, 2.45) is 0 Å². The van der Waals surface area contributed by atoms with Gasteiger partial charge in [-0.15, -0.1) is 0 Å². The van der Waals surface area contributed by atoms with Crippen LogP contribution in [0, 0.1) is 5.82 Å². The van der Waals surface area contributed by atoms with Crippen molar-refractivity contribution in [2.75, 3.05) is 24.5 Å². The molecule has 4 aromatic heterocycles. The lowest BCUT2D eigenvalue weighted by Crippen LogP contribution is -2.54. The van der Waals surface area contributed by atoms with Gasteiger partial charge < -0.3 is 9.80 Å². The van der Waals surface area contributed by atoms with Crippen LogP contribution in [0.2, 0.25) is 0 Å². The van der Waals surface area contributed by atoms with Crippen LogP contribution >= 0.6 is 0 Å². The van der Waals surface area contributed by atoms with Gasteiger partial charge in [-0.1, -0.05) is 32.0 Å². The molecule has 0 unspecified atom stereocenters. The van der Waals surface area contributed by atoms with Crippen molar-refractivity contribution in [3.05, 3.63) is 70.3 Å². The van der Waals surface area contributed by atoms with Crippen LogP contribution in [0.1, 0.15) is 57.7 Å². The molecule has 2 aliphatic rings. The first-order valence-corrected chi connectivity index (χ1v) is 15.3. The number of piperazine rings is 1. The molecule has 2 bridgehead atoms. The number of hydrogen-bond acceptors (Lipinski definition) is 7. The standard InChI is InChI=1S/C33H35FN8O2/c1-19(2)27-30-22(11-12-35-27)8-5-6-13-41-29-23(17-36-41)9-7-10-24(29)28-26(34)16-25-31(38-33(44)42(30)32(25)37-28)40-15-14-39(21(4)43)18-20(40)3/h7,9-12,16-17,19-20H,5-6,8,13-15,18H2,1-4H3/t20-/m0/s1. The second-order valence-electron chi connectivity index (χ2n) is 12.2. The van der Waals surface area contributed by atoms with Crippen molar-refractivity contribution in [2.45, 2.75) is 65.5 Å². The number of hydrogen-bond donors (Lipinski definition) is 0. The fourth-order valence-corrected chi connectivity index (χ4v) is 6.75. The lowest BCUT2D eigenvalue weighted by atomic mass is 10.00. The second kappa shape index (κ2) is 10.8. The van der Waals surface area contributed by atoms with E-state index in [4.69, 9.17) is 9.97 Å². The highest BCUT2D eigenvalue weighted by Gasteiger charge is 2.31. The van der Waals surface area contributed by atoms with Crippen molar-refractivity contribution in [1.29, 1.82) is 0 Å². The number of para-hydroxylation sites is 1. The highest BCUT2D eigenvalue weighted by molar-refractivity contribution is 5.96. The predicted octanol–water partition coefficient (Wildman–Crippen LogP) is 4.85. The Morgan fingerprint density at radius 1 is 1.09 bits per heavy atom. The smallest absolute Gasteiger partial charge is 0.350 e. The number of carbonyl (C=O) groups is 1. The van der Waals surface area contributed by atoms with E-state index in [1.165, 1.54) is 6.07 Å². The number of fused-ring (bicyclic) bond motifs is 4. The van der Waals surface area contributed by atoms with Crippen LogP contribution in [-0.2, 0) is 17.8 Å². The minimum absolute atomic E-state index is 0.00168. The van der Waals surface area contributed by atoms with Crippen LogP contribution in [0.5, 0.6) is 0 Å². The van der Waals surface area contributed by atoms with Gasteiger partial charge in [0.05, 0.1) is 28.5 Å². The maximum Gasteiger partial charge on any atom is 0.355 e. The molecule has 11 heteroatoms. The number of pyridine rings is 2. The van der Waals surface area contributed by atoms with Crippen LogP contribution in [0.3, 0.4) is 0 Å². The summed E-state index contributed by atoms with van der Waals surface area (Å²) >= 11 is 0. The van der Waals surface area contributed by atoms with Crippen molar-refractivity contribution in [3.63, 3.8) is 0 Å². The molecular weight excluding hydrogens is 559 g/mol. The summed E-state index contributed by atoms with van der Waals surface area (Å²) in [5.41, 5.74) is 3.84. The Morgan fingerprint density at radius 2 is 1.93 bits per heavy atom. The maximum absolute atomic E-state index is 16.4. The van der Waals surface area contributed by atoms with E-state index in [0.717, 1.165) is 41.4 Å². The van der Waals surface area contributed by atoms with Crippen molar-refractivity contribution >= 4 is 33.7 Å². The summed E-state index contributed by atoms with van der Waals surface area (Å²) in [6.07, 6.45) is 6.03. The molecule has 2 aliphatic heterocycles. The molecule has 1 aromatic carbocycles. The van der Waals surface area contributed by atoms with Crippen LogP contribution in [0.4, 0.5) is 10.2 Å². The number of nitrogens with zero attached hydrogens (tertiary/aromatic N) is 8. The number of carbonyl (C=O) groups excluding carboxylic acids is 1. The number of aryl methyl sites for hydroxylation is 2. The Morgan fingerprint density at radius 3 is 2.70 bits per heavy atom. The van der Waals surface area contributed by atoms with Gasteiger partial charge in [-0.25, -0.2) is 18.7 Å². The summed E-state index contributed by atoms with van der Waals surface area (Å²) in [5, 5.41) is 5.98. The van der Waals surface area contributed by atoms with E-state index in [9.17, 15) is 9.59 Å². The zero-order valence-electron chi connectivity index (χ0n) is 25.4. The van der Waals surface area contributed by atoms with E-state index >= 15 is 4.39 Å². The first kappa shape index (κ1) is 28.1. The van der Waals surface area contributed by atoms with E-state index < -0.39 is 11.5 Å². The normalized spacial score (nSPS) is 17.1. The molecule has 10 nitrogen and oxygen atoms in total. The minimum Gasteiger partial charge on any atom is -0.350 e. The molecule has 5 aromatic rings. The fourth-order valence-electron chi connectivity index (χ4n) is 6.75. The number of benzene rings is 1. The number of aromatic nitrogens is 6. The van der Waals surface area contributed by atoms with Gasteiger partial charge >= 0.3 is 5.69 Å². The van der Waals surface area contributed by atoms with Gasteiger partial charge in [0.25, 0.3) is 0 Å². The summed E-state index contributed by atoms with van der Waals surface area (Å²) < 4.78 is 19.9. The molecule has 0 saturated carbocycles. The molecule has 0 radical (unpaired) electrons. The lowest BCUT2D eigenvalue weighted by molar-refractivity contribution is -0.129. The molecule has 0 aliphatic carbocycles. The Bertz CT molecular complexity index is 2000.